The lowest BCUT2D eigenvalue weighted by Gasteiger charge is -2.19. The molecule has 0 fully saturated rings. The van der Waals surface area contributed by atoms with Gasteiger partial charge in [-0.2, -0.15) is 0 Å². The molecule has 0 unspecified atom stereocenters. The molecule has 21 heavy (non-hydrogen) atoms. The van der Waals surface area contributed by atoms with Crippen LogP contribution in [0, 0.1) is 0 Å². The standard InChI is InChI=1S/C18H26N2S/c1-17(2,3)13-7-9-14(10-8-13)19-11-15-12-21-16(20-15)18(4,5)6/h7-10,12,19H,11H2,1-6H3. The maximum absolute atomic E-state index is 4.71. The summed E-state index contributed by atoms with van der Waals surface area (Å²) >= 11 is 1.75. The molecule has 1 aromatic carbocycles. The number of thiazole rings is 1. The molecule has 2 nitrogen and oxygen atoms in total. The first-order valence-corrected chi connectivity index (χ1v) is 8.33. The topological polar surface area (TPSA) is 24.9 Å². The lowest BCUT2D eigenvalue weighted by atomic mass is 9.87. The van der Waals surface area contributed by atoms with E-state index in [9.17, 15) is 0 Å². The third-order valence-electron chi connectivity index (χ3n) is 3.42. The van der Waals surface area contributed by atoms with Crippen LogP contribution in [0.4, 0.5) is 5.69 Å². The van der Waals surface area contributed by atoms with Gasteiger partial charge < -0.3 is 5.32 Å². The Hall–Kier alpha value is -1.35. The van der Waals surface area contributed by atoms with E-state index >= 15 is 0 Å². The summed E-state index contributed by atoms with van der Waals surface area (Å²) < 4.78 is 0. The molecule has 0 aliphatic carbocycles. The van der Waals surface area contributed by atoms with Crippen molar-refractivity contribution in [1.82, 2.24) is 4.98 Å². The fraction of sp³-hybridized carbons (Fsp3) is 0.500. The van der Waals surface area contributed by atoms with Crippen LogP contribution in [0.2, 0.25) is 0 Å². The fourth-order valence-corrected chi connectivity index (χ4v) is 2.92. The van der Waals surface area contributed by atoms with Crippen LogP contribution in [0.1, 0.15) is 57.8 Å². The monoisotopic (exact) mass is 302 g/mol. The minimum absolute atomic E-state index is 0.136. The molecular formula is C18H26N2S. The Morgan fingerprint density at radius 1 is 0.952 bits per heavy atom. The Bertz CT molecular complexity index is 583. The number of nitrogens with one attached hydrogen (secondary N) is 1. The van der Waals surface area contributed by atoms with Crippen LogP contribution in [0.3, 0.4) is 0 Å². The van der Waals surface area contributed by atoms with Gasteiger partial charge in [0.15, 0.2) is 0 Å². The van der Waals surface area contributed by atoms with Gasteiger partial charge in [-0.15, -0.1) is 11.3 Å². The van der Waals surface area contributed by atoms with Gasteiger partial charge in [0, 0.05) is 16.5 Å². The molecule has 3 heteroatoms. The van der Waals surface area contributed by atoms with E-state index in [1.54, 1.807) is 11.3 Å². The van der Waals surface area contributed by atoms with Crippen molar-refractivity contribution in [2.75, 3.05) is 5.32 Å². The zero-order valence-corrected chi connectivity index (χ0v) is 14.8. The molecule has 0 aliphatic rings. The Labute approximate surface area is 132 Å². The molecule has 2 rings (SSSR count). The first-order chi connectivity index (χ1) is 9.66. The Morgan fingerprint density at radius 3 is 2.05 bits per heavy atom. The number of hydrogen-bond donors (Lipinski definition) is 1. The first kappa shape index (κ1) is 16.0. The number of anilines is 1. The van der Waals surface area contributed by atoms with E-state index in [-0.39, 0.29) is 10.8 Å². The molecule has 114 valence electrons. The molecule has 2 aromatic rings. The van der Waals surface area contributed by atoms with Gasteiger partial charge >= 0.3 is 0 Å². The number of benzene rings is 1. The van der Waals surface area contributed by atoms with E-state index in [4.69, 9.17) is 4.98 Å². The van der Waals surface area contributed by atoms with Crippen molar-refractivity contribution in [3.63, 3.8) is 0 Å². The third-order valence-corrected chi connectivity index (χ3v) is 4.73. The van der Waals surface area contributed by atoms with Gasteiger partial charge in [-0.25, -0.2) is 4.98 Å². The zero-order chi connectivity index (χ0) is 15.7. The molecular weight excluding hydrogens is 276 g/mol. The summed E-state index contributed by atoms with van der Waals surface area (Å²) in [4.78, 5) is 4.71. The van der Waals surface area contributed by atoms with Crippen molar-refractivity contribution in [3.05, 3.63) is 45.9 Å². The van der Waals surface area contributed by atoms with E-state index in [2.05, 4.69) is 76.5 Å². The van der Waals surface area contributed by atoms with E-state index in [0.29, 0.717) is 0 Å². The largest absolute Gasteiger partial charge is 0.379 e. The minimum atomic E-state index is 0.136. The van der Waals surface area contributed by atoms with Gasteiger partial charge in [0.1, 0.15) is 0 Å². The van der Waals surface area contributed by atoms with Crippen LogP contribution in [0.25, 0.3) is 0 Å². The smallest absolute Gasteiger partial charge is 0.0982 e. The van der Waals surface area contributed by atoms with Gasteiger partial charge in [-0.05, 0) is 23.1 Å². The summed E-state index contributed by atoms with van der Waals surface area (Å²) in [5, 5.41) is 6.80. The van der Waals surface area contributed by atoms with Crippen LogP contribution in [-0.2, 0) is 17.4 Å². The van der Waals surface area contributed by atoms with Crippen molar-refractivity contribution >= 4 is 17.0 Å². The van der Waals surface area contributed by atoms with Crippen molar-refractivity contribution < 1.29 is 0 Å². The van der Waals surface area contributed by atoms with Crippen molar-refractivity contribution in [2.24, 2.45) is 0 Å². The van der Waals surface area contributed by atoms with Crippen molar-refractivity contribution in [2.45, 2.75) is 58.9 Å². The van der Waals surface area contributed by atoms with Crippen LogP contribution < -0.4 is 5.32 Å². The Morgan fingerprint density at radius 2 is 1.57 bits per heavy atom. The lowest BCUT2D eigenvalue weighted by molar-refractivity contribution is 0.583. The quantitative estimate of drug-likeness (QED) is 0.826. The van der Waals surface area contributed by atoms with E-state index < -0.39 is 0 Å². The lowest BCUT2D eigenvalue weighted by Crippen LogP contribution is -2.11. The molecule has 1 heterocycles. The second-order valence-corrected chi connectivity index (χ2v) is 8.43. The second-order valence-electron chi connectivity index (χ2n) is 7.57. The molecule has 0 aliphatic heterocycles. The summed E-state index contributed by atoms with van der Waals surface area (Å²) in [6, 6.07) is 8.70. The van der Waals surface area contributed by atoms with E-state index in [1.165, 1.54) is 10.6 Å². The number of nitrogens with zero attached hydrogens (tertiary/aromatic N) is 1. The van der Waals surface area contributed by atoms with Gasteiger partial charge in [-0.1, -0.05) is 53.7 Å². The van der Waals surface area contributed by atoms with Gasteiger partial charge in [0.2, 0.25) is 0 Å². The molecule has 0 bridgehead atoms. The highest BCUT2D eigenvalue weighted by Gasteiger charge is 2.17. The summed E-state index contributed by atoms with van der Waals surface area (Å²) in [6.07, 6.45) is 0. The molecule has 0 spiro atoms. The summed E-state index contributed by atoms with van der Waals surface area (Å²) in [5.41, 5.74) is 3.96. The number of rotatable bonds is 3. The highest BCUT2D eigenvalue weighted by Crippen LogP contribution is 2.26. The molecule has 0 amide bonds. The second kappa shape index (κ2) is 5.80. The summed E-state index contributed by atoms with van der Waals surface area (Å²) in [7, 11) is 0. The fourth-order valence-electron chi connectivity index (χ4n) is 2.01. The normalized spacial score (nSPS) is 12.5. The van der Waals surface area contributed by atoms with E-state index in [0.717, 1.165) is 17.9 Å². The molecule has 0 radical (unpaired) electrons. The summed E-state index contributed by atoms with van der Waals surface area (Å²) in [5.74, 6) is 0. The Kier molecular flexibility index (Phi) is 4.43. The molecule has 0 saturated carbocycles. The average Bonchev–Trinajstić information content (AvgIpc) is 2.84. The van der Waals surface area contributed by atoms with Crippen molar-refractivity contribution in [3.8, 4) is 0 Å². The Balaban J connectivity index is 1.99. The molecule has 0 atom stereocenters. The highest BCUT2D eigenvalue weighted by molar-refractivity contribution is 7.09. The average molecular weight is 302 g/mol. The van der Waals surface area contributed by atoms with Crippen LogP contribution in [0.15, 0.2) is 29.6 Å². The SMILES string of the molecule is CC(C)(C)c1ccc(NCc2csc(C(C)(C)C)n2)cc1. The van der Waals surface area contributed by atoms with E-state index in [1.807, 2.05) is 0 Å². The number of aromatic nitrogens is 1. The number of hydrogen-bond acceptors (Lipinski definition) is 3. The highest BCUT2D eigenvalue weighted by atomic mass is 32.1. The van der Waals surface area contributed by atoms with Gasteiger partial charge in [-0.3, -0.25) is 0 Å². The maximum Gasteiger partial charge on any atom is 0.0982 e. The molecule has 0 saturated heterocycles. The van der Waals surface area contributed by atoms with Gasteiger partial charge in [0.05, 0.1) is 17.2 Å². The predicted octanol–water partition coefficient (Wildman–Crippen LogP) is 5.35. The zero-order valence-electron chi connectivity index (χ0n) is 13.9. The van der Waals surface area contributed by atoms with Crippen LogP contribution in [-0.4, -0.2) is 4.98 Å². The predicted molar refractivity (Wildman–Crippen MR) is 93.3 cm³/mol. The summed E-state index contributed by atoms with van der Waals surface area (Å²) in [6.45, 7) is 14.1. The van der Waals surface area contributed by atoms with Crippen LogP contribution >= 0.6 is 11.3 Å². The molecule has 1 N–H and O–H groups in total. The minimum Gasteiger partial charge on any atom is -0.379 e. The van der Waals surface area contributed by atoms with Crippen LogP contribution in [0.5, 0.6) is 0 Å². The maximum atomic E-state index is 4.71. The third kappa shape index (κ3) is 4.31. The van der Waals surface area contributed by atoms with Crippen molar-refractivity contribution in [1.29, 1.82) is 0 Å². The molecule has 1 aromatic heterocycles. The first-order valence-electron chi connectivity index (χ1n) is 7.45. The van der Waals surface area contributed by atoms with Gasteiger partial charge in [0.25, 0.3) is 0 Å².